The van der Waals surface area contributed by atoms with Crippen LogP contribution in [0.15, 0.2) is 0 Å². The molecular formula is C24H41NO8. The highest BCUT2D eigenvalue weighted by Gasteiger charge is 2.48. The average molecular weight is 472 g/mol. The van der Waals surface area contributed by atoms with E-state index in [0.717, 1.165) is 44.9 Å². The van der Waals surface area contributed by atoms with Crippen molar-refractivity contribution in [2.24, 2.45) is 17.3 Å². The van der Waals surface area contributed by atoms with Crippen LogP contribution in [0.2, 0.25) is 0 Å². The zero-order chi connectivity index (χ0) is 24.3. The topological polar surface area (TPSA) is 131 Å². The van der Waals surface area contributed by atoms with E-state index in [4.69, 9.17) is 19.3 Å². The predicted octanol–water partition coefficient (Wildman–Crippen LogP) is 2.86. The summed E-state index contributed by atoms with van der Waals surface area (Å²) in [4.78, 5) is 36.2. The summed E-state index contributed by atoms with van der Waals surface area (Å²) in [6, 6.07) is 0.0730. The second-order valence-corrected chi connectivity index (χ2v) is 9.56. The van der Waals surface area contributed by atoms with Crippen molar-refractivity contribution in [3.05, 3.63) is 0 Å². The molecule has 2 rings (SSSR count). The van der Waals surface area contributed by atoms with Crippen molar-refractivity contribution in [3.8, 4) is 0 Å². The maximum atomic E-state index is 13.5. The minimum absolute atomic E-state index is 0.0321. The summed E-state index contributed by atoms with van der Waals surface area (Å²) in [6.45, 7) is 1.04. The fourth-order valence-corrected chi connectivity index (χ4v) is 5.47. The molecule has 0 radical (unpaired) electrons. The third-order valence-electron chi connectivity index (χ3n) is 7.48. The predicted molar refractivity (Wildman–Crippen MR) is 121 cm³/mol. The Hall–Kier alpha value is -1.71. The largest absolute Gasteiger partial charge is 0.481 e. The maximum absolute atomic E-state index is 13.5. The first-order valence-electron chi connectivity index (χ1n) is 12.2. The van der Waals surface area contributed by atoms with Gasteiger partial charge in [0.25, 0.3) is 0 Å². The summed E-state index contributed by atoms with van der Waals surface area (Å²) in [5, 5.41) is 21.8. The fraction of sp³-hybridized carbons (Fsp3) is 0.875. The van der Waals surface area contributed by atoms with Crippen molar-refractivity contribution < 1.29 is 38.8 Å². The van der Waals surface area contributed by atoms with Crippen LogP contribution in [0.4, 0.5) is 0 Å². The van der Waals surface area contributed by atoms with Crippen LogP contribution >= 0.6 is 0 Å². The highest BCUT2D eigenvalue weighted by molar-refractivity contribution is 5.84. The number of hydrogen-bond acceptors (Lipinski definition) is 6. The van der Waals surface area contributed by atoms with E-state index >= 15 is 0 Å². The van der Waals surface area contributed by atoms with Crippen LogP contribution in [-0.2, 0) is 28.6 Å². The number of carbonyl (C=O) groups excluding carboxylic acids is 1. The molecule has 9 nitrogen and oxygen atoms in total. The van der Waals surface area contributed by atoms with Gasteiger partial charge in [-0.25, -0.2) is 4.79 Å². The lowest BCUT2D eigenvalue weighted by Gasteiger charge is -2.38. The van der Waals surface area contributed by atoms with Crippen LogP contribution in [-0.4, -0.2) is 74.2 Å². The van der Waals surface area contributed by atoms with Crippen LogP contribution in [0, 0.1) is 17.3 Å². The first kappa shape index (κ1) is 27.5. The van der Waals surface area contributed by atoms with Gasteiger partial charge in [0.1, 0.15) is 0 Å². The Morgan fingerprint density at radius 2 is 1.70 bits per heavy atom. The molecule has 0 spiro atoms. The van der Waals surface area contributed by atoms with E-state index in [9.17, 15) is 19.5 Å². The molecule has 2 fully saturated rings. The fourth-order valence-electron chi connectivity index (χ4n) is 5.47. The summed E-state index contributed by atoms with van der Waals surface area (Å²) in [7, 11) is 3.01. The van der Waals surface area contributed by atoms with E-state index in [-0.39, 0.29) is 30.9 Å². The molecule has 0 aliphatic heterocycles. The van der Waals surface area contributed by atoms with Crippen LogP contribution in [0.1, 0.15) is 70.6 Å². The number of methoxy groups -OCH3 is 2. The van der Waals surface area contributed by atoms with E-state index < -0.39 is 23.5 Å². The molecule has 0 aromatic heterocycles. The normalized spacial score (nSPS) is 24.2. The quantitative estimate of drug-likeness (QED) is 0.311. The minimum Gasteiger partial charge on any atom is -0.481 e. The van der Waals surface area contributed by atoms with Crippen molar-refractivity contribution in [3.63, 3.8) is 0 Å². The molecular weight excluding hydrogens is 430 g/mol. The monoisotopic (exact) mass is 471 g/mol. The summed E-state index contributed by atoms with van der Waals surface area (Å²) in [5.74, 6) is -1.80. The van der Waals surface area contributed by atoms with Gasteiger partial charge in [0, 0.05) is 26.2 Å². The highest BCUT2D eigenvalue weighted by Crippen LogP contribution is 2.46. The number of carboxylic acids is 2. The molecule has 0 aromatic carbocycles. The molecule has 2 atom stereocenters. The molecule has 0 bridgehead atoms. The Balaban J connectivity index is 1.92. The number of carboxylic acid groups (broad SMARTS) is 2. The van der Waals surface area contributed by atoms with Crippen LogP contribution in [0.5, 0.6) is 0 Å². The van der Waals surface area contributed by atoms with Crippen molar-refractivity contribution in [1.29, 1.82) is 0 Å². The molecule has 0 heterocycles. The number of amides is 1. The molecule has 2 saturated carbocycles. The first-order chi connectivity index (χ1) is 15.8. The Kier molecular flexibility index (Phi) is 11.6. The minimum atomic E-state index is -0.928. The second-order valence-electron chi connectivity index (χ2n) is 9.56. The lowest BCUT2D eigenvalue weighted by molar-refractivity contribution is -0.149. The van der Waals surface area contributed by atoms with Gasteiger partial charge >= 0.3 is 11.9 Å². The van der Waals surface area contributed by atoms with Gasteiger partial charge in [-0.3, -0.25) is 9.59 Å². The number of ether oxygens (including phenoxy) is 3. The Morgan fingerprint density at radius 3 is 2.24 bits per heavy atom. The van der Waals surface area contributed by atoms with Gasteiger partial charge in [0.15, 0.2) is 6.10 Å². The number of hydrogen-bond donors (Lipinski definition) is 3. The van der Waals surface area contributed by atoms with Crippen LogP contribution < -0.4 is 5.32 Å². The molecule has 1 amide bonds. The Labute approximate surface area is 196 Å². The van der Waals surface area contributed by atoms with Gasteiger partial charge in [-0.1, -0.05) is 12.8 Å². The second kappa shape index (κ2) is 13.9. The smallest absolute Gasteiger partial charge is 0.332 e. The molecule has 2 aliphatic carbocycles. The third kappa shape index (κ3) is 8.22. The number of rotatable bonds is 15. The van der Waals surface area contributed by atoms with Crippen molar-refractivity contribution in [1.82, 2.24) is 5.32 Å². The first-order valence-corrected chi connectivity index (χ1v) is 12.2. The molecule has 0 saturated heterocycles. The number of carbonyl (C=O) groups is 3. The van der Waals surface area contributed by atoms with Crippen molar-refractivity contribution >= 4 is 17.8 Å². The van der Waals surface area contributed by atoms with Gasteiger partial charge in [-0.2, -0.15) is 0 Å². The third-order valence-corrected chi connectivity index (χ3v) is 7.48. The maximum Gasteiger partial charge on any atom is 0.332 e. The number of nitrogens with one attached hydrogen (secondary N) is 1. The van der Waals surface area contributed by atoms with E-state index in [1.54, 1.807) is 7.11 Å². The van der Waals surface area contributed by atoms with Gasteiger partial charge in [-0.05, 0) is 57.3 Å². The van der Waals surface area contributed by atoms with E-state index in [1.807, 2.05) is 0 Å². The van der Waals surface area contributed by atoms with Crippen molar-refractivity contribution in [2.75, 3.05) is 34.0 Å². The zero-order valence-corrected chi connectivity index (χ0v) is 20.1. The Bertz CT molecular complexity index is 626. The SMILES string of the molecule is COCCOCC(CC(=O)O)C1(C(=O)NC2CCC(CCC(OC)C(=O)O)CC2)CCCC1. The number of aliphatic carboxylic acids is 2. The van der Waals surface area contributed by atoms with E-state index in [2.05, 4.69) is 5.32 Å². The van der Waals surface area contributed by atoms with Crippen LogP contribution in [0.25, 0.3) is 0 Å². The average Bonchev–Trinajstić information content (AvgIpc) is 3.28. The van der Waals surface area contributed by atoms with Gasteiger partial charge in [-0.15, -0.1) is 0 Å². The van der Waals surface area contributed by atoms with Crippen LogP contribution in [0.3, 0.4) is 0 Å². The molecule has 33 heavy (non-hydrogen) atoms. The Morgan fingerprint density at radius 1 is 1.03 bits per heavy atom. The van der Waals surface area contributed by atoms with E-state index in [0.29, 0.717) is 38.4 Å². The molecule has 190 valence electrons. The summed E-state index contributed by atoms with van der Waals surface area (Å²) in [6.07, 6.45) is 7.23. The van der Waals surface area contributed by atoms with Gasteiger partial charge < -0.3 is 29.7 Å². The van der Waals surface area contributed by atoms with Crippen molar-refractivity contribution in [2.45, 2.75) is 82.8 Å². The standard InChI is InChI=1S/C24H41NO8/c1-31-13-14-33-16-18(15-21(26)27)24(11-3-4-12-24)23(30)25-19-8-5-17(6-9-19)7-10-20(32-2)22(28)29/h17-20H,3-16H2,1-2H3,(H,25,30)(H,26,27)(H,28,29). The molecule has 2 aliphatic rings. The zero-order valence-electron chi connectivity index (χ0n) is 20.1. The summed E-state index contributed by atoms with van der Waals surface area (Å²) < 4.78 is 15.7. The highest BCUT2D eigenvalue weighted by atomic mass is 16.5. The molecule has 0 aromatic rings. The molecule has 9 heteroatoms. The summed E-state index contributed by atoms with van der Waals surface area (Å²) in [5.41, 5.74) is -0.699. The van der Waals surface area contributed by atoms with E-state index in [1.165, 1.54) is 7.11 Å². The van der Waals surface area contributed by atoms with Gasteiger partial charge in [0.05, 0.1) is 31.7 Å². The molecule has 3 N–H and O–H groups in total. The lowest BCUT2D eigenvalue weighted by Crippen LogP contribution is -2.50. The van der Waals surface area contributed by atoms with Gasteiger partial charge in [0.2, 0.25) is 5.91 Å². The summed E-state index contributed by atoms with van der Waals surface area (Å²) >= 11 is 0. The lowest BCUT2D eigenvalue weighted by atomic mass is 9.71. The molecule has 2 unspecified atom stereocenters.